The molecular formula is C29H28N2O5. The number of rotatable bonds is 7. The fourth-order valence-electron chi connectivity index (χ4n) is 4.71. The molecule has 0 unspecified atom stereocenters. The summed E-state index contributed by atoms with van der Waals surface area (Å²) in [6, 6.07) is 29.2. The summed E-state index contributed by atoms with van der Waals surface area (Å²) in [4.78, 5) is 26.6. The van der Waals surface area contributed by atoms with Crippen LogP contribution in [0.2, 0.25) is 0 Å². The number of hydrogen-bond donors (Lipinski definition) is 2. The Hall–Kier alpha value is -3.78. The summed E-state index contributed by atoms with van der Waals surface area (Å²) >= 11 is 0. The first-order valence-corrected chi connectivity index (χ1v) is 11.7. The van der Waals surface area contributed by atoms with Crippen LogP contribution < -0.4 is 11.2 Å². The van der Waals surface area contributed by atoms with Crippen LogP contribution in [0.15, 0.2) is 107 Å². The number of benzene rings is 3. The van der Waals surface area contributed by atoms with Crippen molar-refractivity contribution in [3.05, 3.63) is 140 Å². The second kappa shape index (κ2) is 10.1. The predicted molar refractivity (Wildman–Crippen MR) is 136 cm³/mol. The highest BCUT2D eigenvalue weighted by atomic mass is 16.6. The van der Waals surface area contributed by atoms with Gasteiger partial charge in [-0.3, -0.25) is 14.3 Å². The molecule has 5 rings (SSSR count). The molecule has 0 bridgehead atoms. The van der Waals surface area contributed by atoms with Crippen LogP contribution in [0, 0.1) is 6.85 Å². The van der Waals surface area contributed by atoms with Crippen LogP contribution in [0.25, 0.3) is 0 Å². The highest BCUT2D eigenvalue weighted by Crippen LogP contribution is 2.41. The number of aliphatic hydroxyl groups is 1. The van der Waals surface area contributed by atoms with Crippen molar-refractivity contribution in [2.75, 3.05) is 6.61 Å². The molecule has 0 aliphatic carbocycles. The number of H-pyrrole nitrogens is 1. The average molecular weight is 488 g/mol. The molecule has 2 heterocycles. The lowest BCUT2D eigenvalue weighted by atomic mass is 9.80. The normalized spacial score (nSPS) is 21.5. The lowest BCUT2D eigenvalue weighted by Crippen LogP contribution is -2.38. The monoisotopic (exact) mass is 487 g/mol. The topological polar surface area (TPSA) is 93.6 Å². The van der Waals surface area contributed by atoms with Gasteiger partial charge in [0.05, 0.1) is 12.7 Å². The maximum atomic E-state index is 12.5. The van der Waals surface area contributed by atoms with Crippen molar-refractivity contribution in [1.82, 2.24) is 9.55 Å². The van der Waals surface area contributed by atoms with Crippen molar-refractivity contribution < 1.29 is 18.7 Å². The van der Waals surface area contributed by atoms with Gasteiger partial charge in [-0.15, -0.1) is 0 Å². The van der Waals surface area contributed by atoms with Gasteiger partial charge in [0.2, 0.25) is 0 Å². The third-order valence-electron chi connectivity index (χ3n) is 6.49. The molecule has 1 aromatic heterocycles. The van der Waals surface area contributed by atoms with E-state index in [1.54, 1.807) is 0 Å². The van der Waals surface area contributed by atoms with E-state index < -0.39 is 47.7 Å². The number of aromatic nitrogens is 2. The maximum absolute atomic E-state index is 12.5. The van der Waals surface area contributed by atoms with E-state index in [0.717, 1.165) is 27.5 Å². The van der Waals surface area contributed by atoms with E-state index in [1.807, 2.05) is 96.0 Å². The quantitative estimate of drug-likeness (QED) is 0.389. The van der Waals surface area contributed by atoms with Crippen molar-refractivity contribution in [3.63, 3.8) is 0 Å². The zero-order chi connectivity index (χ0) is 27.6. The molecule has 0 amide bonds. The molecule has 7 nitrogen and oxygen atoms in total. The molecule has 0 radical (unpaired) electrons. The molecule has 0 spiro atoms. The minimum atomic E-state index is -2.72. The van der Waals surface area contributed by atoms with E-state index >= 15 is 0 Å². The van der Waals surface area contributed by atoms with Gasteiger partial charge in [0.25, 0.3) is 5.56 Å². The number of aryl methyl sites for hydroxylation is 1. The van der Waals surface area contributed by atoms with E-state index in [4.69, 9.17) is 13.6 Å². The molecule has 184 valence electrons. The SMILES string of the molecule is [2H]C([2H])([2H])c1cn([C@H]2C[C@H](O)[C@@H](COC(c3ccccc3)(c3ccccc3)c3ccccc3)O2)c(=O)[nH]c1=O. The van der Waals surface area contributed by atoms with Crippen molar-refractivity contribution in [2.45, 2.75) is 37.3 Å². The minimum absolute atomic E-state index is 0.00935. The lowest BCUT2D eigenvalue weighted by molar-refractivity contribution is -0.0944. The Morgan fingerprint density at radius 1 is 0.972 bits per heavy atom. The standard InChI is InChI=1S/C29H28N2O5/c1-20-18-31(28(34)30-27(20)33)26-17-24(32)25(36-26)19-35-29(21-11-5-2-6-12-21,22-13-7-3-8-14-22)23-15-9-4-10-16-23/h2-16,18,24-26,32H,17,19H2,1H3,(H,30,33,34)/t24-,25+,26+/m0/s1/i1D3. The van der Waals surface area contributed by atoms with Gasteiger partial charge in [-0.25, -0.2) is 4.79 Å². The van der Waals surface area contributed by atoms with Crippen molar-refractivity contribution >= 4 is 0 Å². The second-order valence-electron chi connectivity index (χ2n) is 8.73. The molecule has 7 heteroatoms. The van der Waals surface area contributed by atoms with E-state index in [-0.39, 0.29) is 13.0 Å². The largest absolute Gasteiger partial charge is 0.390 e. The van der Waals surface area contributed by atoms with Crippen LogP contribution in [-0.4, -0.2) is 33.5 Å². The summed E-state index contributed by atoms with van der Waals surface area (Å²) in [5.74, 6) is 0. The third kappa shape index (κ3) is 4.44. The molecule has 1 fully saturated rings. The van der Waals surface area contributed by atoms with Crippen LogP contribution >= 0.6 is 0 Å². The molecule has 4 aromatic rings. The number of nitrogens with one attached hydrogen (secondary N) is 1. The minimum Gasteiger partial charge on any atom is -0.390 e. The Bertz CT molecular complexity index is 1430. The number of hydrogen-bond acceptors (Lipinski definition) is 5. The molecule has 0 saturated carbocycles. The van der Waals surface area contributed by atoms with E-state index in [1.165, 1.54) is 0 Å². The fourth-order valence-corrected chi connectivity index (χ4v) is 4.71. The van der Waals surface area contributed by atoms with Gasteiger partial charge >= 0.3 is 5.69 Å². The highest BCUT2D eigenvalue weighted by molar-refractivity contribution is 5.47. The van der Waals surface area contributed by atoms with Gasteiger partial charge < -0.3 is 14.6 Å². The molecular weight excluding hydrogens is 456 g/mol. The number of aliphatic hydroxyl groups excluding tert-OH is 1. The van der Waals surface area contributed by atoms with E-state index in [9.17, 15) is 14.7 Å². The third-order valence-corrected chi connectivity index (χ3v) is 6.49. The first-order valence-electron chi connectivity index (χ1n) is 13.2. The summed E-state index contributed by atoms with van der Waals surface area (Å²) in [5.41, 5.74) is -0.723. The average Bonchev–Trinajstić information content (AvgIpc) is 3.30. The van der Waals surface area contributed by atoms with Crippen molar-refractivity contribution in [3.8, 4) is 0 Å². The molecule has 3 atom stereocenters. The van der Waals surface area contributed by atoms with Gasteiger partial charge in [-0.1, -0.05) is 91.0 Å². The van der Waals surface area contributed by atoms with Gasteiger partial charge in [0.15, 0.2) is 0 Å². The Labute approximate surface area is 212 Å². The van der Waals surface area contributed by atoms with E-state index in [2.05, 4.69) is 0 Å². The van der Waals surface area contributed by atoms with Gasteiger partial charge in [0, 0.05) is 22.3 Å². The maximum Gasteiger partial charge on any atom is 0.330 e. The van der Waals surface area contributed by atoms with Gasteiger partial charge in [-0.05, 0) is 23.5 Å². The summed E-state index contributed by atoms with van der Waals surface area (Å²) < 4.78 is 36.6. The van der Waals surface area contributed by atoms with Crippen LogP contribution in [0.1, 0.15) is 39.0 Å². The van der Waals surface area contributed by atoms with Gasteiger partial charge in [-0.2, -0.15) is 0 Å². The molecule has 1 aliphatic rings. The Morgan fingerprint density at radius 2 is 1.50 bits per heavy atom. The molecule has 3 aromatic carbocycles. The molecule has 1 aliphatic heterocycles. The van der Waals surface area contributed by atoms with Crippen LogP contribution in [0.5, 0.6) is 0 Å². The van der Waals surface area contributed by atoms with Crippen LogP contribution in [0.4, 0.5) is 0 Å². The fraction of sp³-hybridized carbons (Fsp3) is 0.241. The van der Waals surface area contributed by atoms with Gasteiger partial charge in [0.1, 0.15) is 17.9 Å². The predicted octanol–water partition coefficient (Wildman–Crippen LogP) is 3.50. The summed E-state index contributed by atoms with van der Waals surface area (Å²) in [5, 5.41) is 10.9. The van der Waals surface area contributed by atoms with Crippen LogP contribution in [-0.2, 0) is 15.1 Å². The Balaban J connectivity index is 1.49. The van der Waals surface area contributed by atoms with Crippen molar-refractivity contribution in [2.24, 2.45) is 0 Å². The Morgan fingerprint density at radius 3 is 2.00 bits per heavy atom. The number of nitrogens with zero attached hydrogens (tertiary/aromatic N) is 1. The molecule has 36 heavy (non-hydrogen) atoms. The molecule has 1 saturated heterocycles. The second-order valence-corrected chi connectivity index (χ2v) is 8.73. The highest BCUT2D eigenvalue weighted by Gasteiger charge is 2.41. The van der Waals surface area contributed by atoms with Crippen LogP contribution in [0.3, 0.4) is 0 Å². The molecule has 2 N–H and O–H groups in total. The zero-order valence-corrected chi connectivity index (χ0v) is 19.4. The lowest BCUT2D eigenvalue weighted by Gasteiger charge is -2.37. The number of aromatic amines is 1. The van der Waals surface area contributed by atoms with Crippen molar-refractivity contribution in [1.29, 1.82) is 0 Å². The zero-order valence-electron chi connectivity index (χ0n) is 22.4. The summed E-state index contributed by atoms with van der Waals surface area (Å²) in [6.07, 6.45) is -1.84. The van der Waals surface area contributed by atoms with E-state index in [0.29, 0.717) is 0 Å². The smallest absolute Gasteiger partial charge is 0.330 e. The first-order chi connectivity index (χ1) is 18.7. The number of ether oxygens (including phenoxy) is 2. The Kier molecular flexibility index (Phi) is 5.71. The first kappa shape index (κ1) is 20.4. The summed E-state index contributed by atoms with van der Waals surface area (Å²) in [7, 11) is 0. The summed E-state index contributed by atoms with van der Waals surface area (Å²) in [6.45, 7) is -2.76.